The van der Waals surface area contributed by atoms with Gasteiger partial charge in [0, 0.05) is 50.0 Å². The number of benzene rings is 1. The van der Waals surface area contributed by atoms with E-state index >= 15 is 0 Å². The summed E-state index contributed by atoms with van der Waals surface area (Å²) in [5.74, 6) is -0.223. The van der Waals surface area contributed by atoms with E-state index in [1.54, 1.807) is 16.9 Å². The largest absolute Gasteiger partial charge is 0.370 e. The zero-order valence-electron chi connectivity index (χ0n) is 19.2. The van der Waals surface area contributed by atoms with E-state index < -0.39 is 0 Å². The van der Waals surface area contributed by atoms with Crippen molar-refractivity contribution in [1.29, 1.82) is 0 Å². The Balaban J connectivity index is 1.45. The van der Waals surface area contributed by atoms with Gasteiger partial charge in [0.15, 0.2) is 0 Å². The second kappa shape index (κ2) is 9.05. The minimum absolute atomic E-state index is 0.223. The molecule has 1 N–H and O–H groups in total. The molecule has 1 saturated heterocycles. The minimum atomic E-state index is -0.223. The molecule has 0 unspecified atom stereocenters. The van der Waals surface area contributed by atoms with Gasteiger partial charge in [0.1, 0.15) is 5.69 Å². The Labute approximate surface area is 193 Å². The average Bonchev–Trinajstić information content (AvgIpc) is 3.45. The molecule has 3 aromatic heterocycles. The lowest BCUT2D eigenvalue weighted by atomic mass is 10.1. The average molecular weight is 444 g/mol. The molecular formula is C25H29N7O. The molecule has 1 amide bonds. The predicted octanol–water partition coefficient (Wildman–Crippen LogP) is 4.48. The summed E-state index contributed by atoms with van der Waals surface area (Å²) in [5, 5.41) is 13.1. The Morgan fingerprint density at radius 3 is 2.79 bits per heavy atom. The van der Waals surface area contributed by atoms with Crippen LogP contribution >= 0.6 is 0 Å². The number of nitrogens with one attached hydrogen (secondary N) is 1. The Kier molecular flexibility index (Phi) is 5.81. The molecule has 1 fully saturated rings. The van der Waals surface area contributed by atoms with Gasteiger partial charge in [-0.3, -0.25) is 14.2 Å². The van der Waals surface area contributed by atoms with Crippen molar-refractivity contribution in [2.45, 2.75) is 39.2 Å². The molecule has 1 aliphatic heterocycles. The summed E-state index contributed by atoms with van der Waals surface area (Å²) in [6.45, 7) is 4.94. The lowest BCUT2D eigenvalue weighted by Gasteiger charge is -2.30. The van der Waals surface area contributed by atoms with Crippen LogP contribution in [-0.2, 0) is 13.6 Å². The van der Waals surface area contributed by atoms with Crippen LogP contribution in [0.5, 0.6) is 0 Å². The highest BCUT2D eigenvalue weighted by molar-refractivity contribution is 6.06. The van der Waals surface area contributed by atoms with Gasteiger partial charge in [0.25, 0.3) is 5.91 Å². The fraction of sp³-hybridized carbons (Fsp3) is 0.360. The van der Waals surface area contributed by atoms with E-state index in [0.717, 1.165) is 72.4 Å². The number of pyridine rings is 1. The normalized spacial score (nSPS) is 14.1. The molecule has 0 bridgehead atoms. The highest BCUT2D eigenvalue weighted by Gasteiger charge is 2.19. The second-order valence-electron chi connectivity index (χ2n) is 8.63. The second-order valence-corrected chi connectivity index (χ2v) is 8.63. The van der Waals surface area contributed by atoms with Gasteiger partial charge in [0.05, 0.1) is 28.8 Å². The lowest BCUT2D eigenvalue weighted by molar-refractivity contribution is 0.102. The molecular weight excluding hydrogens is 414 g/mol. The molecule has 1 aliphatic rings. The molecule has 4 aromatic rings. The SMILES string of the molecule is CCCn1cc(-c2cccc(C(=O)Nc3cc4cn(C)nc4cc3N3CCCCC3)n2)cn1. The van der Waals surface area contributed by atoms with E-state index in [2.05, 4.69) is 38.4 Å². The number of anilines is 2. The zero-order chi connectivity index (χ0) is 22.8. The summed E-state index contributed by atoms with van der Waals surface area (Å²) in [6.07, 6.45) is 10.3. The molecule has 170 valence electrons. The summed E-state index contributed by atoms with van der Waals surface area (Å²) in [4.78, 5) is 20.2. The van der Waals surface area contributed by atoms with Crippen molar-refractivity contribution < 1.29 is 4.79 Å². The number of aromatic nitrogens is 5. The van der Waals surface area contributed by atoms with Gasteiger partial charge in [-0.25, -0.2) is 4.98 Å². The van der Waals surface area contributed by atoms with Crippen molar-refractivity contribution in [1.82, 2.24) is 24.5 Å². The van der Waals surface area contributed by atoms with Gasteiger partial charge >= 0.3 is 0 Å². The predicted molar refractivity (Wildman–Crippen MR) is 130 cm³/mol. The van der Waals surface area contributed by atoms with Crippen LogP contribution in [0.1, 0.15) is 43.1 Å². The quantitative estimate of drug-likeness (QED) is 0.475. The molecule has 0 saturated carbocycles. The van der Waals surface area contributed by atoms with Crippen molar-refractivity contribution in [3.05, 3.63) is 54.6 Å². The van der Waals surface area contributed by atoms with Crippen molar-refractivity contribution in [3.8, 4) is 11.3 Å². The van der Waals surface area contributed by atoms with Gasteiger partial charge in [-0.2, -0.15) is 10.2 Å². The smallest absolute Gasteiger partial charge is 0.274 e. The number of carbonyl (C=O) groups excluding carboxylic acids is 1. The fourth-order valence-electron chi connectivity index (χ4n) is 4.44. The number of carbonyl (C=O) groups is 1. The van der Waals surface area contributed by atoms with Crippen LogP contribution in [0.25, 0.3) is 22.2 Å². The van der Waals surface area contributed by atoms with E-state index in [4.69, 9.17) is 0 Å². The monoisotopic (exact) mass is 443 g/mol. The van der Waals surface area contributed by atoms with Gasteiger partial charge in [-0.05, 0) is 49.9 Å². The third kappa shape index (κ3) is 4.46. The molecule has 5 rings (SSSR count). The molecule has 33 heavy (non-hydrogen) atoms. The highest BCUT2D eigenvalue weighted by atomic mass is 16.1. The molecule has 1 aromatic carbocycles. The van der Waals surface area contributed by atoms with Crippen molar-refractivity contribution in [2.75, 3.05) is 23.3 Å². The maximum Gasteiger partial charge on any atom is 0.274 e. The number of nitrogens with zero attached hydrogens (tertiary/aromatic N) is 6. The number of hydrogen-bond acceptors (Lipinski definition) is 5. The molecule has 8 nitrogen and oxygen atoms in total. The van der Waals surface area contributed by atoms with E-state index in [9.17, 15) is 4.79 Å². The number of amides is 1. The third-order valence-corrected chi connectivity index (χ3v) is 6.04. The number of hydrogen-bond donors (Lipinski definition) is 1. The summed E-state index contributed by atoms with van der Waals surface area (Å²) in [6, 6.07) is 9.62. The first-order chi connectivity index (χ1) is 16.1. The van der Waals surface area contributed by atoms with Crippen LogP contribution in [-0.4, -0.2) is 43.5 Å². The van der Waals surface area contributed by atoms with Crippen molar-refractivity contribution in [3.63, 3.8) is 0 Å². The Morgan fingerprint density at radius 2 is 1.97 bits per heavy atom. The van der Waals surface area contributed by atoms with Crippen molar-refractivity contribution >= 4 is 28.2 Å². The van der Waals surface area contributed by atoms with Crippen LogP contribution in [0.2, 0.25) is 0 Å². The highest BCUT2D eigenvalue weighted by Crippen LogP contribution is 2.33. The molecule has 0 spiro atoms. The van der Waals surface area contributed by atoms with Gasteiger partial charge in [0.2, 0.25) is 0 Å². The lowest BCUT2D eigenvalue weighted by Crippen LogP contribution is -2.30. The summed E-state index contributed by atoms with van der Waals surface area (Å²) in [5.41, 5.74) is 4.77. The topological polar surface area (TPSA) is 80.9 Å². The molecule has 8 heteroatoms. The number of piperidine rings is 1. The number of rotatable bonds is 6. The summed E-state index contributed by atoms with van der Waals surface area (Å²) in [7, 11) is 1.91. The molecule has 4 heterocycles. The Morgan fingerprint density at radius 1 is 1.12 bits per heavy atom. The first-order valence-electron chi connectivity index (χ1n) is 11.6. The summed E-state index contributed by atoms with van der Waals surface area (Å²) >= 11 is 0. The van der Waals surface area contributed by atoms with Gasteiger partial charge in [-0.1, -0.05) is 13.0 Å². The van der Waals surface area contributed by atoms with E-state index in [1.807, 2.05) is 42.3 Å². The van der Waals surface area contributed by atoms with Crippen molar-refractivity contribution in [2.24, 2.45) is 7.05 Å². The molecule has 0 aliphatic carbocycles. The number of aryl methyl sites for hydroxylation is 2. The van der Waals surface area contributed by atoms with Crippen LogP contribution < -0.4 is 10.2 Å². The van der Waals surface area contributed by atoms with Crippen LogP contribution in [0.3, 0.4) is 0 Å². The van der Waals surface area contributed by atoms with E-state index in [0.29, 0.717) is 5.69 Å². The Bertz CT molecular complexity index is 1280. The van der Waals surface area contributed by atoms with Crippen LogP contribution in [0.15, 0.2) is 48.9 Å². The van der Waals surface area contributed by atoms with Crippen LogP contribution in [0.4, 0.5) is 11.4 Å². The Hall–Kier alpha value is -3.68. The third-order valence-electron chi connectivity index (χ3n) is 6.04. The minimum Gasteiger partial charge on any atom is -0.370 e. The maximum absolute atomic E-state index is 13.2. The summed E-state index contributed by atoms with van der Waals surface area (Å²) < 4.78 is 3.71. The first kappa shape index (κ1) is 21.2. The standard InChI is InChI=1S/C25H29N7O/c1-3-10-32-17-19(15-26-32)20-8-7-9-21(27-20)25(33)28-23-13-18-16-30(2)29-22(18)14-24(23)31-11-5-4-6-12-31/h7-9,13-17H,3-6,10-12H2,1-2H3,(H,28,33). The fourth-order valence-corrected chi connectivity index (χ4v) is 4.44. The van der Waals surface area contributed by atoms with Gasteiger partial charge in [-0.15, -0.1) is 0 Å². The zero-order valence-corrected chi connectivity index (χ0v) is 19.2. The van der Waals surface area contributed by atoms with E-state index in [-0.39, 0.29) is 5.91 Å². The van der Waals surface area contributed by atoms with E-state index in [1.165, 1.54) is 6.42 Å². The first-order valence-corrected chi connectivity index (χ1v) is 11.6. The van der Waals surface area contributed by atoms with Gasteiger partial charge < -0.3 is 10.2 Å². The molecule has 0 radical (unpaired) electrons. The molecule has 0 atom stereocenters. The van der Waals surface area contributed by atoms with Crippen LogP contribution in [0, 0.1) is 0 Å². The number of fused-ring (bicyclic) bond motifs is 1. The maximum atomic E-state index is 13.2.